The molecule has 0 saturated carbocycles. The lowest BCUT2D eigenvalue weighted by Gasteiger charge is -2.16. The summed E-state index contributed by atoms with van der Waals surface area (Å²) in [5.74, 6) is -0.525. The molecule has 0 aliphatic rings. The SMILES string of the molecule is Cc1cc(NC(=O)C(=O)Nc2c(C)cccc2C(C)C)no1. The summed E-state index contributed by atoms with van der Waals surface area (Å²) in [6.07, 6.45) is 0. The second-order valence-electron chi connectivity index (χ2n) is 5.42. The lowest BCUT2D eigenvalue weighted by atomic mass is 9.98. The van der Waals surface area contributed by atoms with Crippen LogP contribution in [0.3, 0.4) is 0 Å². The van der Waals surface area contributed by atoms with E-state index in [-0.39, 0.29) is 11.7 Å². The number of hydrogen-bond donors (Lipinski definition) is 2. The summed E-state index contributed by atoms with van der Waals surface area (Å²) in [5, 5.41) is 8.69. The van der Waals surface area contributed by atoms with Crippen LogP contribution in [0.5, 0.6) is 0 Å². The van der Waals surface area contributed by atoms with Crippen molar-refractivity contribution in [3.63, 3.8) is 0 Å². The number of para-hydroxylation sites is 1. The summed E-state index contributed by atoms with van der Waals surface area (Å²) < 4.78 is 4.84. The Morgan fingerprint density at radius 1 is 1.14 bits per heavy atom. The molecule has 1 aromatic heterocycles. The van der Waals surface area contributed by atoms with E-state index in [1.54, 1.807) is 13.0 Å². The highest BCUT2D eigenvalue weighted by Crippen LogP contribution is 2.27. The highest BCUT2D eigenvalue weighted by Gasteiger charge is 2.18. The molecule has 2 rings (SSSR count). The van der Waals surface area contributed by atoms with E-state index in [9.17, 15) is 9.59 Å². The molecule has 0 aliphatic heterocycles. The molecule has 0 aliphatic carbocycles. The highest BCUT2D eigenvalue weighted by molar-refractivity contribution is 6.43. The number of rotatable bonds is 3. The van der Waals surface area contributed by atoms with E-state index in [1.165, 1.54) is 0 Å². The van der Waals surface area contributed by atoms with E-state index in [1.807, 2.05) is 39.0 Å². The molecule has 0 unspecified atom stereocenters. The van der Waals surface area contributed by atoms with Crippen molar-refractivity contribution in [2.24, 2.45) is 0 Å². The van der Waals surface area contributed by atoms with E-state index in [2.05, 4.69) is 15.8 Å². The lowest BCUT2D eigenvalue weighted by Crippen LogP contribution is -2.30. The quantitative estimate of drug-likeness (QED) is 0.854. The first-order valence-corrected chi connectivity index (χ1v) is 7.03. The van der Waals surface area contributed by atoms with E-state index in [0.717, 1.165) is 11.1 Å². The minimum absolute atomic E-state index is 0.214. The van der Waals surface area contributed by atoms with E-state index in [4.69, 9.17) is 4.52 Å². The first-order valence-electron chi connectivity index (χ1n) is 7.03. The van der Waals surface area contributed by atoms with E-state index < -0.39 is 11.8 Å². The van der Waals surface area contributed by atoms with Crippen LogP contribution in [-0.4, -0.2) is 17.0 Å². The standard InChI is InChI=1S/C16H19N3O3/c1-9(2)12-7-5-6-10(3)14(12)18-16(21)15(20)17-13-8-11(4)22-19-13/h5-9H,1-4H3,(H,18,21)(H,17,19,20). The second-order valence-corrected chi connectivity index (χ2v) is 5.42. The van der Waals surface area contributed by atoms with Crippen LogP contribution in [0.25, 0.3) is 0 Å². The zero-order valence-corrected chi connectivity index (χ0v) is 13.1. The maximum Gasteiger partial charge on any atom is 0.315 e. The fraction of sp³-hybridized carbons (Fsp3) is 0.312. The Labute approximate surface area is 128 Å². The second kappa shape index (κ2) is 6.43. The molecule has 1 heterocycles. The van der Waals surface area contributed by atoms with Gasteiger partial charge in [-0.2, -0.15) is 0 Å². The van der Waals surface area contributed by atoms with Crippen molar-refractivity contribution in [1.82, 2.24) is 5.16 Å². The summed E-state index contributed by atoms with van der Waals surface area (Å²) in [5.41, 5.74) is 2.57. The van der Waals surface area contributed by atoms with Crippen molar-refractivity contribution in [3.05, 3.63) is 41.2 Å². The van der Waals surface area contributed by atoms with Gasteiger partial charge < -0.3 is 9.84 Å². The highest BCUT2D eigenvalue weighted by atomic mass is 16.5. The Kier molecular flexibility index (Phi) is 4.60. The molecule has 0 atom stereocenters. The van der Waals surface area contributed by atoms with Crippen LogP contribution in [-0.2, 0) is 9.59 Å². The third kappa shape index (κ3) is 3.52. The Morgan fingerprint density at radius 2 is 1.82 bits per heavy atom. The molecule has 2 aromatic rings. The van der Waals surface area contributed by atoms with Gasteiger partial charge in [-0.1, -0.05) is 37.2 Å². The van der Waals surface area contributed by atoms with Gasteiger partial charge in [-0.05, 0) is 30.9 Å². The van der Waals surface area contributed by atoms with Gasteiger partial charge in [0.2, 0.25) is 0 Å². The van der Waals surface area contributed by atoms with Gasteiger partial charge in [-0.25, -0.2) is 0 Å². The number of aromatic nitrogens is 1. The molecule has 0 spiro atoms. The number of carbonyl (C=O) groups excluding carboxylic acids is 2. The summed E-state index contributed by atoms with van der Waals surface area (Å²) in [6, 6.07) is 7.30. The van der Waals surface area contributed by atoms with Gasteiger partial charge in [-0.15, -0.1) is 0 Å². The third-order valence-corrected chi connectivity index (χ3v) is 3.24. The molecule has 2 N–H and O–H groups in total. The average Bonchev–Trinajstić information content (AvgIpc) is 2.85. The number of benzene rings is 1. The predicted octanol–water partition coefficient (Wildman–Crippen LogP) is 2.99. The molecular formula is C16H19N3O3. The molecular weight excluding hydrogens is 282 g/mol. The van der Waals surface area contributed by atoms with Crippen molar-refractivity contribution in [1.29, 1.82) is 0 Å². The molecule has 22 heavy (non-hydrogen) atoms. The van der Waals surface area contributed by atoms with Gasteiger partial charge in [0.15, 0.2) is 5.82 Å². The minimum atomic E-state index is -0.786. The molecule has 116 valence electrons. The number of amides is 2. The molecule has 0 radical (unpaired) electrons. The van der Waals surface area contributed by atoms with Gasteiger partial charge in [0.05, 0.1) is 0 Å². The number of hydrogen-bond acceptors (Lipinski definition) is 4. The van der Waals surface area contributed by atoms with Gasteiger partial charge in [0, 0.05) is 11.8 Å². The third-order valence-electron chi connectivity index (χ3n) is 3.24. The van der Waals surface area contributed by atoms with Crippen molar-refractivity contribution in [2.75, 3.05) is 10.6 Å². The largest absolute Gasteiger partial charge is 0.360 e. The summed E-state index contributed by atoms with van der Waals surface area (Å²) in [4.78, 5) is 24.0. The summed E-state index contributed by atoms with van der Waals surface area (Å²) in [6.45, 7) is 7.65. The Bertz CT molecular complexity index is 704. The van der Waals surface area contributed by atoms with Crippen LogP contribution in [0.2, 0.25) is 0 Å². The molecule has 6 nitrogen and oxygen atoms in total. The molecule has 6 heteroatoms. The number of aryl methyl sites for hydroxylation is 2. The van der Waals surface area contributed by atoms with Gasteiger partial charge in [-0.3, -0.25) is 14.9 Å². The number of carbonyl (C=O) groups is 2. The van der Waals surface area contributed by atoms with Crippen molar-refractivity contribution in [3.8, 4) is 0 Å². The first-order chi connectivity index (χ1) is 10.4. The van der Waals surface area contributed by atoms with Crippen LogP contribution in [0.1, 0.15) is 36.7 Å². The Balaban J connectivity index is 2.13. The van der Waals surface area contributed by atoms with E-state index >= 15 is 0 Å². The van der Waals surface area contributed by atoms with Crippen molar-refractivity contribution in [2.45, 2.75) is 33.6 Å². The maximum atomic E-state index is 12.1. The fourth-order valence-electron chi connectivity index (χ4n) is 2.11. The zero-order chi connectivity index (χ0) is 16.3. The minimum Gasteiger partial charge on any atom is -0.360 e. The van der Waals surface area contributed by atoms with Crippen LogP contribution in [0, 0.1) is 13.8 Å². The molecule has 0 saturated heterocycles. The zero-order valence-electron chi connectivity index (χ0n) is 13.1. The summed E-state index contributed by atoms with van der Waals surface area (Å²) in [7, 11) is 0. The molecule has 2 amide bonds. The monoisotopic (exact) mass is 301 g/mol. The molecule has 0 fully saturated rings. The predicted molar refractivity (Wildman–Crippen MR) is 83.8 cm³/mol. The van der Waals surface area contributed by atoms with Crippen LogP contribution >= 0.6 is 0 Å². The number of nitrogens with one attached hydrogen (secondary N) is 2. The van der Waals surface area contributed by atoms with Crippen LogP contribution < -0.4 is 10.6 Å². The first kappa shape index (κ1) is 15.8. The van der Waals surface area contributed by atoms with Gasteiger partial charge in [0.1, 0.15) is 5.76 Å². The number of anilines is 2. The Morgan fingerprint density at radius 3 is 2.41 bits per heavy atom. The van der Waals surface area contributed by atoms with Crippen molar-refractivity contribution < 1.29 is 14.1 Å². The fourth-order valence-corrected chi connectivity index (χ4v) is 2.11. The smallest absolute Gasteiger partial charge is 0.315 e. The topological polar surface area (TPSA) is 84.2 Å². The molecule has 1 aromatic carbocycles. The normalized spacial score (nSPS) is 10.6. The van der Waals surface area contributed by atoms with Gasteiger partial charge >= 0.3 is 11.8 Å². The maximum absolute atomic E-state index is 12.1. The van der Waals surface area contributed by atoms with Crippen LogP contribution in [0.4, 0.5) is 11.5 Å². The lowest BCUT2D eigenvalue weighted by molar-refractivity contribution is -0.133. The summed E-state index contributed by atoms with van der Waals surface area (Å²) >= 11 is 0. The van der Waals surface area contributed by atoms with Crippen LogP contribution in [0.15, 0.2) is 28.8 Å². The Hall–Kier alpha value is -2.63. The van der Waals surface area contributed by atoms with Crippen molar-refractivity contribution >= 4 is 23.3 Å². The number of nitrogens with zero attached hydrogens (tertiary/aromatic N) is 1. The molecule has 0 bridgehead atoms. The van der Waals surface area contributed by atoms with Gasteiger partial charge in [0.25, 0.3) is 0 Å². The average molecular weight is 301 g/mol. The van der Waals surface area contributed by atoms with E-state index in [0.29, 0.717) is 11.4 Å².